The minimum absolute atomic E-state index is 0.0673. The third-order valence-electron chi connectivity index (χ3n) is 6.29. The standard InChI is InChI=1S/C25H26ClN3O5S/c1-25(2)12-18-21(19(30)13-25)20(14-4-6-15(26)7-5-14)22(24(31)34-3)23(27)29(18)16-8-10-17(11-9-16)35(28,32)33/h4-11,20H,12-13,27H2,1-3H3,(H2,28,32,33)/t20-/m0/s1. The number of allylic oxidation sites excluding steroid dienone is 2. The third kappa shape index (κ3) is 4.59. The first kappa shape index (κ1) is 25.0. The van der Waals surface area contributed by atoms with Crippen LogP contribution in [-0.2, 0) is 24.3 Å². The number of hydrogen-bond donors (Lipinski definition) is 2. The number of nitrogens with zero attached hydrogens (tertiary/aromatic N) is 1. The van der Waals surface area contributed by atoms with E-state index >= 15 is 0 Å². The monoisotopic (exact) mass is 515 g/mol. The molecular weight excluding hydrogens is 490 g/mol. The van der Waals surface area contributed by atoms with Gasteiger partial charge in [0.1, 0.15) is 5.82 Å². The van der Waals surface area contributed by atoms with Gasteiger partial charge in [0.2, 0.25) is 10.0 Å². The number of hydrogen-bond acceptors (Lipinski definition) is 7. The van der Waals surface area contributed by atoms with Crippen molar-refractivity contribution in [1.82, 2.24) is 0 Å². The Morgan fingerprint density at radius 1 is 1.09 bits per heavy atom. The van der Waals surface area contributed by atoms with Crippen molar-refractivity contribution in [3.05, 3.63) is 81.8 Å². The number of primary sulfonamides is 1. The zero-order valence-corrected chi connectivity index (χ0v) is 21.1. The van der Waals surface area contributed by atoms with Gasteiger partial charge < -0.3 is 10.5 Å². The summed E-state index contributed by atoms with van der Waals surface area (Å²) in [6.07, 6.45) is 0.798. The summed E-state index contributed by atoms with van der Waals surface area (Å²) in [4.78, 5) is 28.2. The Hall–Kier alpha value is -3.14. The number of carbonyl (C=O) groups excluding carboxylic acids is 2. The number of benzene rings is 2. The van der Waals surface area contributed by atoms with E-state index < -0.39 is 21.9 Å². The predicted octanol–water partition coefficient (Wildman–Crippen LogP) is 3.58. The Morgan fingerprint density at radius 3 is 2.23 bits per heavy atom. The summed E-state index contributed by atoms with van der Waals surface area (Å²) < 4.78 is 28.6. The molecule has 184 valence electrons. The Labute approximate surface area is 209 Å². The van der Waals surface area contributed by atoms with Crippen LogP contribution in [0, 0.1) is 5.41 Å². The lowest BCUT2D eigenvalue weighted by molar-refractivity contribution is -0.136. The number of halogens is 1. The molecule has 2 aromatic carbocycles. The molecule has 0 spiro atoms. The summed E-state index contributed by atoms with van der Waals surface area (Å²) in [6, 6.07) is 12.7. The lowest BCUT2D eigenvalue weighted by Crippen LogP contribution is -2.43. The zero-order chi connectivity index (χ0) is 25.7. The van der Waals surface area contributed by atoms with Gasteiger partial charge in [0.25, 0.3) is 0 Å². The van der Waals surface area contributed by atoms with Crippen LogP contribution in [0.15, 0.2) is 76.1 Å². The summed E-state index contributed by atoms with van der Waals surface area (Å²) in [7, 11) is -2.65. The first-order valence-corrected chi connectivity index (χ1v) is 12.8. The van der Waals surface area contributed by atoms with Gasteiger partial charge in [-0.05, 0) is 53.8 Å². The van der Waals surface area contributed by atoms with E-state index in [1.165, 1.54) is 19.2 Å². The molecular formula is C25H26ClN3O5S. The summed E-state index contributed by atoms with van der Waals surface area (Å²) in [6.45, 7) is 3.98. The minimum atomic E-state index is -3.90. The average molecular weight is 516 g/mol. The fourth-order valence-electron chi connectivity index (χ4n) is 4.79. The van der Waals surface area contributed by atoms with Crippen LogP contribution in [0.4, 0.5) is 5.69 Å². The molecule has 2 aliphatic rings. The Morgan fingerprint density at radius 2 is 1.69 bits per heavy atom. The molecule has 10 heteroatoms. The highest BCUT2D eigenvalue weighted by atomic mass is 35.5. The fourth-order valence-corrected chi connectivity index (χ4v) is 5.43. The lowest BCUT2D eigenvalue weighted by atomic mass is 9.68. The maximum Gasteiger partial charge on any atom is 0.338 e. The fraction of sp³-hybridized carbons (Fsp3) is 0.280. The van der Waals surface area contributed by atoms with Gasteiger partial charge in [-0.1, -0.05) is 37.6 Å². The second kappa shape index (κ2) is 8.82. The normalized spacial score (nSPS) is 20.1. The molecule has 4 rings (SSSR count). The highest BCUT2D eigenvalue weighted by Crippen LogP contribution is 2.50. The number of ketones is 1. The van der Waals surface area contributed by atoms with Crippen LogP contribution >= 0.6 is 11.6 Å². The molecule has 0 radical (unpaired) electrons. The molecule has 2 aromatic rings. The predicted molar refractivity (Wildman–Crippen MR) is 133 cm³/mol. The van der Waals surface area contributed by atoms with E-state index in [1.54, 1.807) is 41.3 Å². The molecule has 8 nitrogen and oxygen atoms in total. The first-order valence-electron chi connectivity index (χ1n) is 10.9. The number of anilines is 1. The number of carbonyl (C=O) groups is 2. The molecule has 1 atom stereocenters. The molecule has 35 heavy (non-hydrogen) atoms. The Bertz CT molecular complexity index is 1380. The summed E-state index contributed by atoms with van der Waals surface area (Å²) in [5.74, 6) is -1.41. The van der Waals surface area contributed by atoms with Crippen LogP contribution in [0.5, 0.6) is 0 Å². The summed E-state index contributed by atoms with van der Waals surface area (Å²) in [5, 5.41) is 5.76. The zero-order valence-electron chi connectivity index (χ0n) is 19.5. The molecule has 0 saturated carbocycles. The Balaban J connectivity index is 2.00. The van der Waals surface area contributed by atoms with E-state index in [0.717, 1.165) is 0 Å². The number of rotatable bonds is 4. The molecule has 0 amide bonds. The van der Waals surface area contributed by atoms with Gasteiger partial charge in [-0.15, -0.1) is 0 Å². The van der Waals surface area contributed by atoms with Gasteiger partial charge in [-0.25, -0.2) is 18.4 Å². The molecule has 1 aliphatic heterocycles. The van der Waals surface area contributed by atoms with Gasteiger partial charge in [0.05, 0.1) is 23.5 Å². The van der Waals surface area contributed by atoms with Crippen molar-refractivity contribution >= 4 is 39.1 Å². The van der Waals surface area contributed by atoms with Crippen molar-refractivity contribution in [2.75, 3.05) is 12.0 Å². The number of Topliss-reactive ketones (excluding diaryl/α,β-unsaturated/α-hetero) is 1. The second-order valence-electron chi connectivity index (χ2n) is 9.45. The first-order chi connectivity index (χ1) is 16.3. The van der Waals surface area contributed by atoms with Crippen molar-refractivity contribution in [1.29, 1.82) is 0 Å². The van der Waals surface area contributed by atoms with Crippen LogP contribution in [0.3, 0.4) is 0 Å². The van der Waals surface area contributed by atoms with E-state index in [1.807, 2.05) is 13.8 Å². The van der Waals surface area contributed by atoms with Crippen molar-refractivity contribution in [2.24, 2.45) is 16.3 Å². The van der Waals surface area contributed by atoms with Gasteiger partial charge in [-0.3, -0.25) is 9.69 Å². The van der Waals surface area contributed by atoms with Crippen LogP contribution < -0.4 is 15.8 Å². The molecule has 0 unspecified atom stereocenters. The SMILES string of the molecule is COC(=O)C1=C(N)N(c2ccc(S(N)(=O)=O)cc2)C2=C(C(=O)CC(C)(C)C2)[C@@H]1c1ccc(Cl)cc1. The van der Waals surface area contributed by atoms with Crippen molar-refractivity contribution < 1.29 is 22.7 Å². The average Bonchev–Trinajstić information content (AvgIpc) is 2.77. The minimum Gasteiger partial charge on any atom is -0.466 e. The van der Waals surface area contributed by atoms with Crippen LogP contribution in [0.2, 0.25) is 5.02 Å². The maximum atomic E-state index is 13.6. The quantitative estimate of drug-likeness (QED) is 0.594. The van der Waals surface area contributed by atoms with Crippen LogP contribution in [0.25, 0.3) is 0 Å². The highest BCUT2D eigenvalue weighted by molar-refractivity contribution is 7.89. The number of esters is 1. The summed E-state index contributed by atoms with van der Waals surface area (Å²) in [5.41, 5.74) is 8.69. The van der Waals surface area contributed by atoms with Crippen molar-refractivity contribution in [3.63, 3.8) is 0 Å². The number of ether oxygens (including phenoxy) is 1. The maximum absolute atomic E-state index is 13.6. The molecule has 1 aliphatic carbocycles. The van der Waals surface area contributed by atoms with Crippen LogP contribution in [0.1, 0.15) is 38.2 Å². The van der Waals surface area contributed by atoms with Gasteiger partial charge in [0.15, 0.2) is 5.78 Å². The van der Waals surface area contributed by atoms with Gasteiger partial charge in [-0.2, -0.15) is 0 Å². The van der Waals surface area contributed by atoms with E-state index in [4.69, 9.17) is 27.2 Å². The molecule has 1 heterocycles. The van der Waals surface area contributed by atoms with Crippen LogP contribution in [-0.4, -0.2) is 27.3 Å². The van der Waals surface area contributed by atoms with E-state index in [-0.39, 0.29) is 27.5 Å². The molecule has 0 bridgehead atoms. The second-order valence-corrected chi connectivity index (χ2v) is 11.4. The van der Waals surface area contributed by atoms with Gasteiger partial charge >= 0.3 is 5.97 Å². The summed E-state index contributed by atoms with van der Waals surface area (Å²) >= 11 is 6.09. The number of nitrogens with two attached hydrogens (primary N) is 2. The highest BCUT2D eigenvalue weighted by Gasteiger charge is 2.46. The number of sulfonamides is 1. The van der Waals surface area contributed by atoms with Crippen molar-refractivity contribution in [3.8, 4) is 0 Å². The van der Waals surface area contributed by atoms with Gasteiger partial charge in [0, 0.05) is 28.4 Å². The topological polar surface area (TPSA) is 133 Å². The lowest BCUT2D eigenvalue weighted by Gasteiger charge is -2.44. The smallest absolute Gasteiger partial charge is 0.338 e. The number of methoxy groups -OCH3 is 1. The molecule has 4 N–H and O–H groups in total. The third-order valence-corrected chi connectivity index (χ3v) is 7.47. The van der Waals surface area contributed by atoms with E-state index in [2.05, 4.69) is 0 Å². The van der Waals surface area contributed by atoms with E-state index in [9.17, 15) is 18.0 Å². The largest absolute Gasteiger partial charge is 0.466 e. The molecule has 0 fully saturated rings. The Kier molecular flexibility index (Phi) is 6.29. The molecule has 0 aromatic heterocycles. The molecule has 0 saturated heterocycles. The van der Waals surface area contributed by atoms with E-state index in [0.29, 0.717) is 40.4 Å². The van der Waals surface area contributed by atoms with Crippen molar-refractivity contribution in [2.45, 2.75) is 37.5 Å².